The van der Waals surface area contributed by atoms with Crippen molar-refractivity contribution >= 4 is 28.7 Å². The van der Waals surface area contributed by atoms with Crippen molar-refractivity contribution in [2.45, 2.75) is 0 Å². The molecule has 0 radical (unpaired) electrons. The van der Waals surface area contributed by atoms with E-state index in [4.69, 9.17) is 18.0 Å². The Morgan fingerprint density at radius 1 is 1.22 bits per heavy atom. The first kappa shape index (κ1) is 12.3. The van der Waals surface area contributed by atoms with Crippen LogP contribution in [0, 0.1) is 11.6 Å². The molecule has 3 N–H and O–H groups in total. The van der Waals surface area contributed by atoms with Crippen molar-refractivity contribution in [3.8, 4) is 0 Å². The predicted octanol–water partition coefficient (Wildman–Crippen LogP) is 2.13. The average Bonchev–Trinajstić information content (AvgIpc) is 2.33. The average molecular weight is 266 g/mol. The SMILES string of the molecule is NC(=S)c1cnc(Nc2ccc(F)cc2F)cn1. The molecule has 0 saturated carbocycles. The highest BCUT2D eigenvalue weighted by Crippen LogP contribution is 2.18. The lowest BCUT2D eigenvalue weighted by Gasteiger charge is -2.06. The van der Waals surface area contributed by atoms with Crippen LogP contribution in [0.4, 0.5) is 20.3 Å². The zero-order valence-electron chi connectivity index (χ0n) is 9.02. The van der Waals surface area contributed by atoms with E-state index in [9.17, 15) is 8.78 Å². The van der Waals surface area contributed by atoms with Gasteiger partial charge in [0.1, 0.15) is 28.1 Å². The molecule has 1 heterocycles. The summed E-state index contributed by atoms with van der Waals surface area (Å²) in [6.45, 7) is 0. The highest BCUT2D eigenvalue weighted by atomic mass is 32.1. The summed E-state index contributed by atoms with van der Waals surface area (Å²) in [6, 6.07) is 3.19. The molecule has 0 aliphatic carbocycles. The van der Waals surface area contributed by atoms with Crippen LogP contribution in [-0.2, 0) is 0 Å². The number of thiocarbonyl (C=S) groups is 1. The molecule has 0 amide bonds. The molecule has 2 rings (SSSR count). The van der Waals surface area contributed by atoms with Crippen LogP contribution in [0.5, 0.6) is 0 Å². The highest BCUT2D eigenvalue weighted by Gasteiger charge is 2.05. The molecule has 0 aliphatic heterocycles. The van der Waals surface area contributed by atoms with E-state index in [1.54, 1.807) is 0 Å². The van der Waals surface area contributed by atoms with Crippen LogP contribution in [0.2, 0.25) is 0 Å². The minimum atomic E-state index is -0.713. The maximum absolute atomic E-state index is 13.4. The minimum Gasteiger partial charge on any atom is -0.388 e. The van der Waals surface area contributed by atoms with Crippen molar-refractivity contribution in [1.29, 1.82) is 0 Å². The zero-order chi connectivity index (χ0) is 13.1. The van der Waals surface area contributed by atoms with Gasteiger partial charge in [-0.3, -0.25) is 0 Å². The number of nitrogens with zero attached hydrogens (tertiary/aromatic N) is 2. The van der Waals surface area contributed by atoms with Gasteiger partial charge < -0.3 is 11.1 Å². The second kappa shape index (κ2) is 5.01. The van der Waals surface area contributed by atoms with Gasteiger partial charge in [0, 0.05) is 6.07 Å². The lowest BCUT2D eigenvalue weighted by molar-refractivity contribution is 0.586. The summed E-state index contributed by atoms with van der Waals surface area (Å²) in [5.41, 5.74) is 5.84. The van der Waals surface area contributed by atoms with E-state index in [1.165, 1.54) is 18.5 Å². The smallest absolute Gasteiger partial charge is 0.149 e. The Labute approximate surface area is 107 Å². The van der Waals surface area contributed by atoms with Gasteiger partial charge in [0.2, 0.25) is 0 Å². The highest BCUT2D eigenvalue weighted by molar-refractivity contribution is 7.80. The number of nitrogens with one attached hydrogen (secondary N) is 1. The fourth-order valence-electron chi connectivity index (χ4n) is 1.25. The van der Waals surface area contributed by atoms with Crippen LogP contribution in [0.1, 0.15) is 5.69 Å². The Morgan fingerprint density at radius 3 is 2.56 bits per heavy atom. The molecule has 4 nitrogen and oxygen atoms in total. The van der Waals surface area contributed by atoms with Gasteiger partial charge in [-0.15, -0.1) is 0 Å². The summed E-state index contributed by atoms with van der Waals surface area (Å²) in [5.74, 6) is -1.05. The molecular weight excluding hydrogens is 258 g/mol. The van der Waals surface area contributed by atoms with Crippen molar-refractivity contribution in [2.75, 3.05) is 5.32 Å². The Balaban J connectivity index is 2.21. The number of hydrogen-bond acceptors (Lipinski definition) is 4. The quantitative estimate of drug-likeness (QED) is 0.833. The summed E-state index contributed by atoms with van der Waals surface area (Å²) in [5, 5.41) is 2.67. The van der Waals surface area contributed by atoms with Gasteiger partial charge >= 0.3 is 0 Å². The molecular formula is C11H8F2N4S. The maximum Gasteiger partial charge on any atom is 0.149 e. The molecule has 0 saturated heterocycles. The van der Waals surface area contributed by atoms with Crippen LogP contribution in [0.15, 0.2) is 30.6 Å². The number of anilines is 2. The molecule has 0 aliphatic rings. The van der Waals surface area contributed by atoms with Gasteiger partial charge in [0.05, 0.1) is 18.1 Å². The van der Waals surface area contributed by atoms with Crippen LogP contribution >= 0.6 is 12.2 Å². The Bertz CT molecular complexity index is 586. The van der Waals surface area contributed by atoms with Gasteiger partial charge in [-0.2, -0.15) is 0 Å². The molecule has 1 aromatic heterocycles. The van der Waals surface area contributed by atoms with E-state index in [-0.39, 0.29) is 10.7 Å². The number of benzene rings is 1. The van der Waals surface area contributed by atoms with E-state index in [1.807, 2.05) is 0 Å². The molecule has 0 fully saturated rings. The van der Waals surface area contributed by atoms with E-state index in [0.29, 0.717) is 11.5 Å². The van der Waals surface area contributed by atoms with E-state index >= 15 is 0 Å². The lowest BCUT2D eigenvalue weighted by atomic mass is 10.3. The molecule has 2 aromatic rings. The van der Waals surface area contributed by atoms with E-state index < -0.39 is 11.6 Å². The van der Waals surface area contributed by atoms with Crippen molar-refractivity contribution in [3.63, 3.8) is 0 Å². The molecule has 0 unspecified atom stereocenters. The maximum atomic E-state index is 13.4. The van der Waals surface area contributed by atoms with Crippen molar-refractivity contribution in [1.82, 2.24) is 9.97 Å². The molecule has 92 valence electrons. The van der Waals surface area contributed by atoms with E-state index in [2.05, 4.69) is 15.3 Å². The van der Waals surface area contributed by atoms with Gasteiger partial charge in [-0.25, -0.2) is 18.7 Å². The number of rotatable bonds is 3. The Kier molecular flexibility index (Phi) is 3.42. The normalized spacial score (nSPS) is 10.1. The third kappa shape index (κ3) is 2.75. The van der Waals surface area contributed by atoms with Gasteiger partial charge in [0.25, 0.3) is 0 Å². The number of halogens is 2. The number of aromatic nitrogens is 2. The summed E-state index contributed by atoms with van der Waals surface area (Å²) >= 11 is 4.72. The first-order valence-electron chi connectivity index (χ1n) is 4.90. The van der Waals surface area contributed by atoms with Gasteiger partial charge in [-0.05, 0) is 12.1 Å². The fourth-order valence-corrected chi connectivity index (χ4v) is 1.35. The van der Waals surface area contributed by atoms with Crippen LogP contribution in [-0.4, -0.2) is 15.0 Å². The summed E-state index contributed by atoms with van der Waals surface area (Å²) < 4.78 is 26.1. The van der Waals surface area contributed by atoms with E-state index in [0.717, 1.165) is 12.1 Å². The van der Waals surface area contributed by atoms with Crippen LogP contribution < -0.4 is 11.1 Å². The number of hydrogen-bond donors (Lipinski definition) is 2. The Morgan fingerprint density at radius 2 is 2.00 bits per heavy atom. The fraction of sp³-hybridized carbons (Fsp3) is 0. The van der Waals surface area contributed by atoms with Gasteiger partial charge in [-0.1, -0.05) is 12.2 Å². The molecule has 1 aromatic carbocycles. The second-order valence-electron chi connectivity index (χ2n) is 3.40. The summed E-state index contributed by atoms with van der Waals surface area (Å²) in [7, 11) is 0. The summed E-state index contributed by atoms with van der Waals surface area (Å²) in [4.78, 5) is 8.02. The molecule has 18 heavy (non-hydrogen) atoms. The largest absolute Gasteiger partial charge is 0.388 e. The predicted molar refractivity (Wildman–Crippen MR) is 67.6 cm³/mol. The molecule has 0 spiro atoms. The Hall–Kier alpha value is -2.15. The summed E-state index contributed by atoms with van der Waals surface area (Å²) in [6.07, 6.45) is 2.73. The first-order valence-corrected chi connectivity index (χ1v) is 5.31. The van der Waals surface area contributed by atoms with Gasteiger partial charge in [0.15, 0.2) is 0 Å². The first-order chi connectivity index (χ1) is 8.56. The van der Waals surface area contributed by atoms with Crippen LogP contribution in [0.3, 0.4) is 0 Å². The zero-order valence-corrected chi connectivity index (χ0v) is 9.84. The molecule has 7 heteroatoms. The number of nitrogens with two attached hydrogens (primary N) is 1. The lowest BCUT2D eigenvalue weighted by Crippen LogP contribution is -2.12. The van der Waals surface area contributed by atoms with Crippen molar-refractivity contribution in [2.24, 2.45) is 5.73 Å². The standard InChI is InChI=1S/C11H8F2N4S/c12-6-1-2-8(7(13)3-6)17-10-5-15-9(4-16-10)11(14)18/h1-5H,(H2,14,18)(H,16,17). The van der Waals surface area contributed by atoms with Crippen LogP contribution in [0.25, 0.3) is 0 Å². The third-order valence-corrected chi connectivity index (χ3v) is 2.31. The second-order valence-corrected chi connectivity index (χ2v) is 3.84. The van der Waals surface area contributed by atoms with Crippen molar-refractivity contribution in [3.05, 3.63) is 47.9 Å². The molecule has 0 bridgehead atoms. The topological polar surface area (TPSA) is 63.8 Å². The minimum absolute atomic E-state index is 0.105. The third-order valence-electron chi connectivity index (χ3n) is 2.10. The van der Waals surface area contributed by atoms with Crippen molar-refractivity contribution < 1.29 is 8.78 Å². The monoisotopic (exact) mass is 266 g/mol. The molecule has 0 atom stereocenters.